The van der Waals surface area contributed by atoms with Crippen molar-refractivity contribution in [2.75, 3.05) is 12.3 Å². The highest BCUT2D eigenvalue weighted by molar-refractivity contribution is 7.99. The molecule has 2 amide bonds. The summed E-state index contributed by atoms with van der Waals surface area (Å²) in [6, 6.07) is 13.2. The van der Waals surface area contributed by atoms with E-state index in [1.165, 1.54) is 22.7 Å². The summed E-state index contributed by atoms with van der Waals surface area (Å²) in [6.07, 6.45) is 0.611. The molecule has 27 heavy (non-hydrogen) atoms. The Morgan fingerprint density at radius 2 is 1.59 bits per heavy atom. The quantitative estimate of drug-likeness (QED) is 0.402. The molecule has 0 aliphatic carbocycles. The van der Waals surface area contributed by atoms with Crippen LogP contribution in [0.3, 0.4) is 0 Å². The standard InChI is InChI=1S/C19H15FN4O2S/c20-15-9-4-3-8-14(15)16-21-19(23-22-16)27-11-5-10-24-17(25)12-6-1-2-7-13(12)18(24)26/h1-4,6-9H,5,10-11H2,(H,21,22,23). The zero-order chi connectivity index (χ0) is 18.8. The first-order valence-corrected chi connectivity index (χ1v) is 9.39. The lowest BCUT2D eigenvalue weighted by atomic mass is 10.1. The van der Waals surface area contributed by atoms with Crippen LogP contribution >= 0.6 is 11.8 Å². The Hall–Kier alpha value is -3.00. The monoisotopic (exact) mass is 382 g/mol. The van der Waals surface area contributed by atoms with E-state index in [-0.39, 0.29) is 17.6 Å². The average Bonchev–Trinajstić information content (AvgIpc) is 3.24. The molecule has 0 saturated carbocycles. The molecular weight excluding hydrogens is 367 g/mol. The fraction of sp³-hybridized carbons (Fsp3) is 0.158. The lowest BCUT2D eigenvalue weighted by Gasteiger charge is -2.12. The summed E-state index contributed by atoms with van der Waals surface area (Å²) in [5, 5.41) is 7.30. The maximum Gasteiger partial charge on any atom is 0.261 e. The number of benzene rings is 2. The fourth-order valence-electron chi connectivity index (χ4n) is 2.91. The zero-order valence-corrected chi connectivity index (χ0v) is 15.0. The van der Waals surface area contributed by atoms with Gasteiger partial charge in [-0.15, -0.1) is 5.10 Å². The lowest BCUT2D eigenvalue weighted by molar-refractivity contribution is 0.0655. The molecule has 1 N–H and O–H groups in total. The molecule has 1 aliphatic rings. The molecule has 6 nitrogen and oxygen atoms in total. The number of carbonyl (C=O) groups excluding carboxylic acids is 2. The van der Waals surface area contributed by atoms with E-state index in [2.05, 4.69) is 15.2 Å². The second-order valence-electron chi connectivity index (χ2n) is 5.96. The summed E-state index contributed by atoms with van der Waals surface area (Å²) < 4.78 is 13.8. The van der Waals surface area contributed by atoms with E-state index < -0.39 is 0 Å². The van der Waals surface area contributed by atoms with Gasteiger partial charge in [0.15, 0.2) is 5.82 Å². The number of H-pyrrole nitrogens is 1. The van der Waals surface area contributed by atoms with Crippen LogP contribution in [-0.2, 0) is 0 Å². The Kier molecular flexibility index (Phi) is 4.72. The average molecular weight is 382 g/mol. The predicted molar refractivity (Wildman–Crippen MR) is 98.9 cm³/mol. The van der Waals surface area contributed by atoms with Crippen LogP contribution in [0.4, 0.5) is 4.39 Å². The zero-order valence-electron chi connectivity index (χ0n) is 14.2. The molecule has 136 valence electrons. The number of carbonyl (C=O) groups is 2. The van der Waals surface area contributed by atoms with Gasteiger partial charge in [0.05, 0.1) is 16.7 Å². The Labute approximate surface area is 158 Å². The van der Waals surface area contributed by atoms with Crippen molar-refractivity contribution in [2.45, 2.75) is 11.6 Å². The number of halogens is 1. The van der Waals surface area contributed by atoms with Crippen molar-refractivity contribution in [3.05, 3.63) is 65.5 Å². The molecular formula is C19H15FN4O2S. The molecule has 0 atom stereocenters. The molecule has 4 rings (SSSR count). The second-order valence-corrected chi connectivity index (χ2v) is 7.02. The first kappa shape index (κ1) is 17.4. The maximum atomic E-state index is 13.8. The van der Waals surface area contributed by atoms with Crippen molar-refractivity contribution < 1.29 is 14.0 Å². The number of aromatic amines is 1. The van der Waals surface area contributed by atoms with Gasteiger partial charge in [-0.3, -0.25) is 19.6 Å². The molecule has 0 fully saturated rings. The highest BCUT2D eigenvalue weighted by atomic mass is 32.2. The number of nitrogens with zero attached hydrogens (tertiary/aromatic N) is 3. The van der Waals surface area contributed by atoms with Gasteiger partial charge in [-0.2, -0.15) is 0 Å². The van der Waals surface area contributed by atoms with Gasteiger partial charge in [0.1, 0.15) is 5.82 Å². The number of thioether (sulfide) groups is 1. The van der Waals surface area contributed by atoms with E-state index in [9.17, 15) is 14.0 Å². The molecule has 2 heterocycles. The van der Waals surface area contributed by atoms with E-state index in [0.29, 0.717) is 46.4 Å². The van der Waals surface area contributed by atoms with E-state index in [1.807, 2.05) is 0 Å². The summed E-state index contributed by atoms with van der Waals surface area (Å²) in [6.45, 7) is 0.337. The predicted octanol–water partition coefficient (Wildman–Crippen LogP) is 3.39. The minimum absolute atomic E-state index is 0.250. The third-order valence-electron chi connectivity index (χ3n) is 4.23. The van der Waals surface area contributed by atoms with Gasteiger partial charge in [-0.1, -0.05) is 36.0 Å². The molecule has 0 radical (unpaired) electrons. The molecule has 1 aliphatic heterocycles. The number of hydrogen-bond donors (Lipinski definition) is 1. The number of nitrogens with one attached hydrogen (secondary N) is 1. The minimum Gasteiger partial charge on any atom is -0.274 e. The van der Waals surface area contributed by atoms with Crippen LogP contribution in [0.25, 0.3) is 11.4 Å². The van der Waals surface area contributed by atoms with Gasteiger partial charge in [-0.25, -0.2) is 9.37 Å². The van der Waals surface area contributed by atoms with Crippen LogP contribution < -0.4 is 0 Å². The Morgan fingerprint density at radius 3 is 2.26 bits per heavy atom. The number of hydrogen-bond acceptors (Lipinski definition) is 5. The van der Waals surface area contributed by atoms with Gasteiger partial charge in [0, 0.05) is 12.3 Å². The summed E-state index contributed by atoms with van der Waals surface area (Å²) >= 11 is 1.39. The first-order chi connectivity index (χ1) is 13.1. The molecule has 3 aromatic rings. The first-order valence-electron chi connectivity index (χ1n) is 8.40. The maximum absolute atomic E-state index is 13.8. The smallest absolute Gasteiger partial charge is 0.261 e. The van der Waals surface area contributed by atoms with Crippen molar-refractivity contribution in [1.29, 1.82) is 0 Å². The number of imide groups is 1. The van der Waals surface area contributed by atoms with Crippen LogP contribution in [0.15, 0.2) is 53.7 Å². The third-order valence-corrected chi connectivity index (χ3v) is 5.16. The van der Waals surface area contributed by atoms with Crippen LogP contribution in [0.5, 0.6) is 0 Å². The lowest BCUT2D eigenvalue weighted by Crippen LogP contribution is -2.31. The topological polar surface area (TPSA) is 79.0 Å². The van der Waals surface area contributed by atoms with Gasteiger partial charge in [0.2, 0.25) is 5.16 Å². The Bertz CT molecular complexity index is 985. The van der Waals surface area contributed by atoms with Crippen molar-refractivity contribution >= 4 is 23.6 Å². The second kappa shape index (κ2) is 7.32. The minimum atomic E-state index is -0.365. The van der Waals surface area contributed by atoms with Crippen molar-refractivity contribution in [3.8, 4) is 11.4 Å². The summed E-state index contributed by atoms with van der Waals surface area (Å²) in [4.78, 5) is 30.1. The van der Waals surface area contributed by atoms with Crippen molar-refractivity contribution in [3.63, 3.8) is 0 Å². The van der Waals surface area contributed by atoms with Crippen molar-refractivity contribution in [1.82, 2.24) is 20.1 Å². The number of fused-ring (bicyclic) bond motifs is 1. The van der Waals surface area contributed by atoms with Gasteiger partial charge < -0.3 is 0 Å². The van der Waals surface area contributed by atoms with Crippen LogP contribution in [-0.4, -0.2) is 44.2 Å². The van der Waals surface area contributed by atoms with E-state index in [4.69, 9.17) is 0 Å². The molecule has 0 spiro atoms. The van der Waals surface area contributed by atoms with E-state index >= 15 is 0 Å². The van der Waals surface area contributed by atoms with Crippen LogP contribution in [0, 0.1) is 5.82 Å². The van der Waals surface area contributed by atoms with Gasteiger partial charge >= 0.3 is 0 Å². The normalized spacial score (nSPS) is 13.3. The SMILES string of the molecule is O=C1c2ccccc2C(=O)N1CCCSc1n[nH]c(-c2ccccc2F)n1. The molecule has 0 bridgehead atoms. The summed E-state index contributed by atoms with van der Waals surface area (Å²) in [7, 11) is 0. The van der Waals surface area contributed by atoms with Gasteiger partial charge in [0.25, 0.3) is 11.8 Å². The fourth-order valence-corrected chi connectivity index (χ4v) is 3.64. The largest absolute Gasteiger partial charge is 0.274 e. The number of amides is 2. The molecule has 2 aromatic carbocycles. The molecule has 1 aromatic heterocycles. The summed E-state index contributed by atoms with van der Waals surface area (Å²) in [5.74, 6) is 0.134. The molecule has 0 saturated heterocycles. The molecule has 0 unspecified atom stereocenters. The van der Waals surface area contributed by atoms with E-state index in [0.717, 1.165) is 0 Å². The molecule has 8 heteroatoms. The van der Waals surface area contributed by atoms with Crippen LogP contribution in [0.2, 0.25) is 0 Å². The van der Waals surface area contributed by atoms with Gasteiger partial charge in [-0.05, 0) is 30.7 Å². The van der Waals surface area contributed by atoms with Crippen LogP contribution in [0.1, 0.15) is 27.1 Å². The van der Waals surface area contributed by atoms with Crippen molar-refractivity contribution in [2.24, 2.45) is 0 Å². The highest BCUT2D eigenvalue weighted by Crippen LogP contribution is 2.24. The summed E-state index contributed by atoms with van der Waals surface area (Å²) in [5.41, 5.74) is 1.28. The Morgan fingerprint density at radius 1 is 0.963 bits per heavy atom. The van der Waals surface area contributed by atoms with E-state index in [1.54, 1.807) is 42.5 Å². The number of aromatic nitrogens is 3. The third kappa shape index (κ3) is 3.35. The number of rotatable bonds is 6. The highest BCUT2D eigenvalue weighted by Gasteiger charge is 2.34. The Balaban J connectivity index is 1.32.